The lowest BCUT2D eigenvalue weighted by molar-refractivity contribution is 0.198. The van der Waals surface area contributed by atoms with Crippen molar-refractivity contribution in [1.29, 1.82) is 0 Å². The molecule has 1 aromatic heterocycles. The molecule has 1 N–H and O–H groups in total. The van der Waals surface area contributed by atoms with E-state index < -0.39 is 0 Å². The molecule has 0 saturated carbocycles. The van der Waals surface area contributed by atoms with Crippen LogP contribution in [0.5, 0.6) is 0 Å². The van der Waals surface area contributed by atoms with Crippen molar-refractivity contribution in [2.75, 3.05) is 45.8 Å². The van der Waals surface area contributed by atoms with Gasteiger partial charge in [0.15, 0.2) is 5.96 Å². The van der Waals surface area contributed by atoms with Crippen molar-refractivity contribution in [2.45, 2.75) is 77.7 Å². The van der Waals surface area contributed by atoms with Crippen molar-refractivity contribution in [3.8, 4) is 0 Å². The number of aromatic nitrogens is 3. The first-order valence-corrected chi connectivity index (χ1v) is 12.5. The summed E-state index contributed by atoms with van der Waals surface area (Å²) >= 11 is 0. The molecule has 1 unspecified atom stereocenters. The Labute approximate surface area is 182 Å². The first-order valence-electron chi connectivity index (χ1n) is 12.5. The summed E-state index contributed by atoms with van der Waals surface area (Å²) in [4.78, 5) is 10.1. The molecule has 0 aromatic carbocycles. The van der Waals surface area contributed by atoms with E-state index in [1.54, 1.807) is 0 Å². The smallest absolute Gasteiger partial charge is 0.193 e. The topological polar surface area (TPSA) is 61.6 Å². The van der Waals surface area contributed by atoms with Crippen LogP contribution in [0.2, 0.25) is 0 Å². The quantitative estimate of drug-likeness (QED) is 0.421. The highest BCUT2D eigenvalue weighted by molar-refractivity contribution is 5.80. The van der Waals surface area contributed by atoms with Crippen molar-refractivity contribution < 1.29 is 0 Å². The van der Waals surface area contributed by atoms with Crippen LogP contribution < -0.4 is 5.32 Å². The lowest BCUT2D eigenvalue weighted by atomic mass is 10.1. The number of aliphatic imine (C=N–C) groups is 1. The molecule has 2 fully saturated rings. The van der Waals surface area contributed by atoms with Gasteiger partial charge in [-0.2, -0.15) is 0 Å². The number of fused-ring (bicyclic) bond motifs is 1. The minimum atomic E-state index is 0.790. The van der Waals surface area contributed by atoms with Crippen LogP contribution in [-0.4, -0.2) is 76.3 Å². The number of likely N-dealkylation sites (tertiary alicyclic amines) is 2. The third-order valence-electron chi connectivity index (χ3n) is 6.89. The van der Waals surface area contributed by atoms with Crippen LogP contribution in [0.15, 0.2) is 4.99 Å². The van der Waals surface area contributed by atoms with Gasteiger partial charge in [-0.25, -0.2) is 0 Å². The van der Waals surface area contributed by atoms with E-state index in [1.165, 1.54) is 70.4 Å². The highest BCUT2D eigenvalue weighted by Crippen LogP contribution is 2.20. The second-order valence-corrected chi connectivity index (χ2v) is 9.30. The average Bonchev–Trinajstić information content (AvgIpc) is 3.31. The number of guanidine groups is 1. The molecular weight excluding hydrogens is 374 g/mol. The van der Waals surface area contributed by atoms with Crippen molar-refractivity contribution in [3.63, 3.8) is 0 Å². The fourth-order valence-electron chi connectivity index (χ4n) is 5.26. The van der Waals surface area contributed by atoms with Gasteiger partial charge in [-0.1, -0.05) is 12.8 Å². The van der Waals surface area contributed by atoms with Gasteiger partial charge in [0.05, 0.1) is 0 Å². The largest absolute Gasteiger partial charge is 0.357 e. The van der Waals surface area contributed by atoms with Gasteiger partial charge in [0.2, 0.25) is 0 Å². The Hall–Kier alpha value is -1.63. The van der Waals surface area contributed by atoms with Crippen LogP contribution >= 0.6 is 0 Å². The molecule has 7 nitrogen and oxygen atoms in total. The van der Waals surface area contributed by atoms with Crippen LogP contribution in [0.4, 0.5) is 0 Å². The monoisotopic (exact) mass is 415 g/mol. The number of nitrogens with one attached hydrogen (secondary N) is 1. The van der Waals surface area contributed by atoms with Gasteiger partial charge in [0.25, 0.3) is 0 Å². The second-order valence-electron chi connectivity index (χ2n) is 9.30. The molecule has 0 aliphatic carbocycles. The molecule has 0 bridgehead atoms. The van der Waals surface area contributed by atoms with Crippen molar-refractivity contribution >= 4 is 5.96 Å². The molecule has 30 heavy (non-hydrogen) atoms. The molecular formula is C23H41N7. The molecule has 1 aromatic rings. The molecule has 0 radical (unpaired) electrons. The maximum Gasteiger partial charge on any atom is 0.193 e. The first-order chi connectivity index (χ1) is 14.8. The van der Waals surface area contributed by atoms with Crippen molar-refractivity contribution in [3.05, 3.63) is 11.6 Å². The predicted molar refractivity (Wildman–Crippen MR) is 122 cm³/mol. The van der Waals surface area contributed by atoms with Gasteiger partial charge in [-0.3, -0.25) is 4.99 Å². The van der Waals surface area contributed by atoms with Crippen LogP contribution in [0.3, 0.4) is 0 Å². The average molecular weight is 416 g/mol. The fraction of sp³-hybridized carbons (Fsp3) is 0.870. The minimum absolute atomic E-state index is 0.790. The maximum atomic E-state index is 4.97. The lowest BCUT2D eigenvalue weighted by Crippen LogP contribution is -2.41. The van der Waals surface area contributed by atoms with E-state index >= 15 is 0 Å². The zero-order chi connectivity index (χ0) is 20.6. The van der Waals surface area contributed by atoms with Gasteiger partial charge in [0.1, 0.15) is 11.6 Å². The van der Waals surface area contributed by atoms with Crippen LogP contribution in [-0.2, 0) is 19.4 Å². The molecule has 2 saturated heterocycles. The summed E-state index contributed by atoms with van der Waals surface area (Å²) in [5, 5.41) is 12.4. The zero-order valence-electron chi connectivity index (χ0n) is 19.0. The molecule has 4 rings (SSSR count). The molecule has 0 spiro atoms. The van der Waals surface area contributed by atoms with Gasteiger partial charge < -0.3 is 19.7 Å². The molecule has 0 amide bonds. The van der Waals surface area contributed by atoms with Crippen LogP contribution in [0, 0.1) is 5.92 Å². The van der Waals surface area contributed by atoms with Gasteiger partial charge in [0, 0.05) is 52.1 Å². The predicted octanol–water partition coefficient (Wildman–Crippen LogP) is 2.71. The summed E-state index contributed by atoms with van der Waals surface area (Å²) in [5.74, 6) is 4.25. The van der Waals surface area contributed by atoms with Crippen molar-refractivity contribution in [1.82, 2.24) is 29.9 Å². The van der Waals surface area contributed by atoms with E-state index in [2.05, 4.69) is 36.8 Å². The fourth-order valence-corrected chi connectivity index (χ4v) is 5.26. The first kappa shape index (κ1) is 21.6. The summed E-state index contributed by atoms with van der Waals surface area (Å²) in [6, 6.07) is 0. The number of nitrogens with zero attached hydrogens (tertiary/aromatic N) is 6. The Bertz CT molecular complexity index is 677. The Morgan fingerprint density at radius 2 is 1.87 bits per heavy atom. The van der Waals surface area contributed by atoms with E-state index in [0.29, 0.717) is 0 Å². The molecule has 7 heteroatoms. The zero-order valence-corrected chi connectivity index (χ0v) is 19.0. The molecule has 168 valence electrons. The van der Waals surface area contributed by atoms with E-state index in [0.717, 1.165) is 69.7 Å². The molecule has 1 atom stereocenters. The van der Waals surface area contributed by atoms with E-state index in [1.807, 2.05) is 0 Å². The van der Waals surface area contributed by atoms with Crippen LogP contribution in [0.1, 0.15) is 69.9 Å². The third-order valence-corrected chi connectivity index (χ3v) is 6.89. The minimum Gasteiger partial charge on any atom is -0.357 e. The SMILES string of the molecule is CCNC(=NCCCc1nnc2n1CCCCC2)N1CCC(CN2CCCCC2)C1. The number of aryl methyl sites for hydroxylation is 2. The lowest BCUT2D eigenvalue weighted by Gasteiger charge is -2.29. The van der Waals surface area contributed by atoms with Gasteiger partial charge in [-0.05, 0) is 64.5 Å². The summed E-state index contributed by atoms with van der Waals surface area (Å²) in [7, 11) is 0. The van der Waals surface area contributed by atoms with Crippen LogP contribution in [0.25, 0.3) is 0 Å². The standard InChI is InChI=1S/C23H41N7/c1-2-24-23(29-17-12-20(19-29)18-28-14-6-4-7-15-28)25-13-9-11-22-27-26-21-10-5-3-8-16-30(21)22/h20H,2-19H2,1H3,(H,24,25). The highest BCUT2D eigenvalue weighted by atomic mass is 15.3. The molecule has 4 heterocycles. The Balaban J connectivity index is 1.25. The van der Waals surface area contributed by atoms with E-state index in [-0.39, 0.29) is 0 Å². The summed E-state index contributed by atoms with van der Waals surface area (Å²) in [5.41, 5.74) is 0. The number of hydrogen-bond acceptors (Lipinski definition) is 4. The number of rotatable bonds is 7. The molecule has 3 aliphatic rings. The highest BCUT2D eigenvalue weighted by Gasteiger charge is 2.27. The van der Waals surface area contributed by atoms with Crippen molar-refractivity contribution in [2.24, 2.45) is 10.9 Å². The van der Waals surface area contributed by atoms with E-state index in [4.69, 9.17) is 4.99 Å². The summed E-state index contributed by atoms with van der Waals surface area (Å²) < 4.78 is 2.37. The normalized spacial score (nSPS) is 23.4. The summed E-state index contributed by atoms with van der Waals surface area (Å²) in [6.45, 7) is 11.2. The number of hydrogen-bond donors (Lipinski definition) is 1. The molecule has 3 aliphatic heterocycles. The Morgan fingerprint density at radius 1 is 1.03 bits per heavy atom. The van der Waals surface area contributed by atoms with Gasteiger partial charge >= 0.3 is 0 Å². The summed E-state index contributed by atoms with van der Waals surface area (Å²) in [6.07, 6.45) is 12.4. The van der Waals surface area contributed by atoms with Gasteiger partial charge in [-0.15, -0.1) is 10.2 Å². The Morgan fingerprint density at radius 3 is 2.73 bits per heavy atom. The number of piperidine rings is 1. The Kier molecular flexibility index (Phi) is 8.01. The van der Waals surface area contributed by atoms with E-state index in [9.17, 15) is 0 Å². The maximum absolute atomic E-state index is 4.97. The second kappa shape index (κ2) is 11.1. The third kappa shape index (κ3) is 5.74.